The highest BCUT2D eigenvalue weighted by Gasteiger charge is 2.34. The summed E-state index contributed by atoms with van der Waals surface area (Å²) in [6.45, 7) is 3.84. The molecule has 0 aliphatic carbocycles. The summed E-state index contributed by atoms with van der Waals surface area (Å²) in [6, 6.07) is 0. The highest BCUT2D eigenvalue weighted by molar-refractivity contribution is 9.09. The van der Waals surface area contributed by atoms with Gasteiger partial charge in [-0.15, -0.1) is 0 Å². The Bertz CT molecular complexity index is 184. The molecule has 0 aromatic heterocycles. The summed E-state index contributed by atoms with van der Waals surface area (Å²) in [5, 5.41) is 1.09. The first-order valence-electron chi connectivity index (χ1n) is 6.06. The highest BCUT2D eigenvalue weighted by atomic mass is 79.9. The second-order valence-corrected chi connectivity index (χ2v) is 5.61. The topological polar surface area (TPSA) is 18.5 Å². The van der Waals surface area contributed by atoms with Gasteiger partial charge in [0.2, 0.25) is 0 Å². The van der Waals surface area contributed by atoms with Gasteiger partial charge < -0.3 is 9.47 Å². The third-order valence-corrected chi connectivity index (χ3v) is 4.94. The minimum Gasteiger partial charge on any atom is -0.381 e. The molecule has 2 aliphatic heterocycles. The fourth-order valence-corrected chi connectivity index (χ4v) is 3.47. The molecule has 2 fully saturated rings. The van der Waals surface area contributed by atoms with Gasteiger partial charge in [-0.1, -0.05) is 15.9 Å². The predicted octanol–water partition coefficient (Wildman–Crippen LogP) is 2.99. The van der Waals surface area contributed by atoms with Gasteiger partial charge in [0.25, 0.3) is 0 Å². The van der Waals surface area contributed by atoms with Crippen LogP contribution in [0.15, 0.2) is 0 Å². The molecule has 0 radical (unpaired) electrons. The molecular formula is C12H21BrO2. The van der Waals surface area contributed by atoms with Gasteiger partial charge in [-0.3, -0.25) is 0 Å². The van der Waals surface area contributed by atoms with E-state index in [1.807, 2.05) is 0 Å². The molecule has 2 aliphatic rings. The SMILES string of the molecule is BrCC1(CC2CCOCC2)CCCOC1. The molecule has 0 N–H and O–H groups in total. The second kappa shape index (κ2) is 5.65. The average Bonchev–Trinajstić information content (AvgIpc) is 2.32. The Morgan fingerprint density at radius 3 is 2.53 bits per heavy atom. The maximum absolute atomic E-state index is 5.66. The molecular weight excluding hydrogens is 256 g/mol. The van der Waals surface area contributed by atoms with Gasteiger partial charge in [-0.2, -0.15) is 0 Å². The molecule has 88 valence electrons. The van der Waals surface area contributed by atoms with Crippen molar-refractivity contribution in [2.45, 2.75) is 32.1 Å². The average molecular weight is 277 g/mol. The van der Waals surface area contributed by atoms with Crippen LogP contribution in [0.4, 0.5) is 0 Å². The summed E-state index contributed by atoms with van der Waals surface area (Å²) < 4.78 is 11.1. The molecule has 1 atom stereocenters. The van der Waals surface area contributed by atoms with E-state index in [0.29, 0.717) is 5.41 Å². The van der Waals surface area contributed by atoms with Crippen LogP contribution in [0.25, 0.3) is 0 Å². The standard InChI is InChI=1S/C12H21BrO2/c13-9-12(4-1-5-15-10-12)8-11-2-6-14-7-3-11/h11H,1-10H2. The van der Waals surface area contributed by atoms with Crippen molar-refractivity contribution in [1.29, 1.82) is 0 Å². The maximum atomic E-state index is 5.66. The van der Waals surface area contributed by atoms with Crippen molar-refractivity contribution in [2.24, 2.45) is 11.3 Å². The quantitative estimate of drug-likeness (QED) is 0.738. The zero-order valence-electron chi connectivity index (χ0n) is 9.34. The van der Waals surface area contributed by atoms with Crippen LogP contribution in [0.1, 0.15) is 32.1 Å². The van der Waals surface area contributed by atoms with Gasteiger partial charge in [0.1, 0.15) is 0 Å². The minimum atomic E-state index is 0.417. The van der Waals surface area contributed by atoms with Crippen LogP contribution in [-0.2, 0) is 9.47 Å². The van der Waals surface area contributed by atoms with Crippen LogP contribution in [0.5, 0.6) is 0 Å². The van der Waals surface area contributed by atoms with Crippen molar-refractivity contribution in [3.63, 3.8) is 0 Å². The van der Waals surface area contributed by atoms with E-state index in [2.05, 4.69) is 15.9 Å². The molecule has 2 heterocycles. The monoisotopic (exact) mass is 276 g/mol. The number of halogens is 1. The van der Waals surface area contributed by atoms with E-state index in [-0.39, 0.29) is 0 Å². The lowest BCUT2D eigenvalue weighted by Crippen LogP contribution is -2.36. The number of alkyl halides is 1. The van der Waals surface area contributed by atoms with Crippen molar-refractivity contribution >= 4 is 15.9 Å². The molecule has 2 rings (SSSR count). The van der Waals surface area contributed by atoms with E-state index in [0.717, 1.165) is 37.7 Å². The Labute approximate surface area is 101 Å². The zero-order chi connectivity index (χ0) is 10.6. The fourth-order valence-electron chi connectivity index (χ4n) is 2.79. The largest absolute Gasteiger partial charge is 0.381 e. The van der Waals surface area contributed by atoms with Crippen molar-refractivity contribution in [3.05, 3.63) is 0 Å². The van der Waals surface area contributed by atoms with Gasteiger partial charge in [0.05, 0.1) is 6.61 Å². The summed E-state index contributed by atoms with van der Waals surface area (Å²) >= 11 is 3.68. The highest BCUT2D eigenvalue weighted by Crippen LogP contribution is 2.39. The van der Waals surface area contributed by atoms with Gasteiger partial charge in [-0.05, 0) is 38.0 Å². The van der Waals surface area contributed by atoms with Gasteiger partial charge >= 0.3 is 0 Å². The summed E-state index contributed by atoms with van der Waals surface area (Å²) in [6.07, 6.45) is 6.37. The Morgan fingerprint density at radius 2 is 1.93 bits per heavy atom. The molecule has 0 spiro atoms. The first kappa shape index (κ1) is 11.9. The third kappa shape index (κ3) is 3.18. The normalized spacial score (nSPS) is 34.2. The molecule has 0 amide bonds. The van der Waals surface area contributed by atoms with Crippen LogP contribution in [-0.4, -0.2) is 31.8 Å². The Kier molecular flexibility index (Phi) is 4.47. The van der Waals surface area contributed by atoms with Crippen LogP contribution in [0.2, 0.25) is 0 Å². The summed E-state index contributed by atoms with van der Waals surface area (Å²) in [4.78, 5) is 0. The summed E-state index contributed by atoms with van der Waals surface area (Å²) in [7, 11) is 0. The Hall–Kier alpha value is 0.400. The van der Waals surface area contributed by atoms with E-state index in [4.69, 9.17) is 9.47 Å². The smallest absolute Gasteiger partial charge is 0.0530 e. The molecule has 3 heteroatoms. The predicted molar refractivity (Wildman–Crippen MR) is 64.4 cm³/mol. The van der Waals surface area contributed by atoms with Crippen molar-refractivity contribution < 1.29 is 9.47 Å². The summed E-state index contributed by atoms with van der Waals surface area (Å²) in [5.41, 5.74) is 0.417. The Balaban J connectivity index is 1.87. The second-order valence-electron chi connectivity index (χ2n) is 5.05. The van der Waals surface area contributed by atoms with E-state index in [1.165, 1.54) is 32.1 Å². The van der Waals surface area contributed by atoms with Gasteiger partial charge in [-0.25, -0.2) is 0 Å². The molecule has 0 bridgehead atoms. The van der Waals surface area contributed by atoms with Gasteiger partial charge in [0, 0.05) is 30.6 Å². The molecule has 15 heavy (non-hydrogen) atoms. The first-order valence-corrected chi connectivity index (χ1v) is 7.18. The molecule has 0 aromatic rings. The van der Waals surface area contributed by atoms with E-state index < -0.39 is 0 Å². The molecule has 2 nitrogen and oxygen atoms in total. The molecule has 1 unspecified atom stereocenters. The van der Waals surface area contributed by atoms with Crippen molar-refractivity contribution in [2.75, 3.05) is 31.8 Å². The maximum Gasteiger partial charge on any atom is 0.0530 e. The molecule has 2 saturated heterocycles. The number of ether oxygens (including phenoxy) is 2. The lowest BCUT2D eigenvalue weighted by molar-refractivity contribution is -0.0212. The van der Waals surface area contributed by atoms with E-state index >= 15 is 0 Å². The Morgan fingerprint density at radius 1 is 1.13 bits per heavy atom. The molecule has 0 saturated carbocycles. The third-order valence-electron chi connectivity index (χ3n) is 3.75. The van der Waals surface area contributed by atoms with Crippen molar-refractivity contribution in [3.8, 4) is 0 Å². The van der Waals surface area contributed by atoms with E-state index in [1.54, 1.807) is 0 Å². The first-order chi connectivity index (χ1) is 7.35. The minimum absolute atomic E-state index is 0.417. The molecule has 0 aromatic carbocycles. The zero-order valence-corrected chi connectivity index (χ0v) is 10.9. The number of hydrogen-bond donors (Lipinski definition) is 0. The van der Waals surface area contributed by atoms with E-state index in [9.17, 15) is 0 Å². The van der Waals surface area contributed by atoms with Crippen LogP contribution >= 0.6 is 15.9 Å². The lowest BCUT2D eigenvalue weighted by atomic mass is 9.75. The van der Waals surface area contributed by atoms with Crippen molar-refractivity contribution in [1.82, 2.24) is 0 Å². The van der Waals surface area contributed by atoms with Crippen LogP contribution in [0.3, 0.4) is 0 Å². The van der Waals surface area contributed by atoms with Crippen LogP contribution in [0, 0.1) is 11.3 Å². The fraction of sp³-hybridized carbons (Fsp3) is 1.00. The lowest BCUT2D eigenvalue weighted by Gasteiger charge is -2.39. The number of rotatable bonds is 3. The number of hydrogen-bond acceptors (Lipinski definition) is 2. The van der Waals surface area contributed by atoms with Gasteiger partial charge in [0.15, 0.2) is 0 Å². The summed E-state index contributed by atoms with van der Waals surface area (Å²) in [5.74, 6) is 0.859. The van der Waals surface area contributed by atoms with Crippen LogP contribution < -0.4 is 0 Å².